The summed E-state index contributed by atoms with van der Waals surface area (Å²) in [6.45, 7) is 0. The van der Waals surface area contributed by atoms with E-state index in [0.717, 1.165) is 33.9 Å². The van der Waals surface area contributed by atoms with Gasteiger partial charge in [0.25, 0.3) is 0 Å². The molecule has 13 heteroatoms. The van der Waals surface area contributed by atoms with Crippen LogP contribution in [-0.4, -0.2) is 66.4 Å². The number of phenols is 6. The minimum Gasteiger partial charge on any atom is -0.508 e. The second-order valence-corrected chi connectivity index (χ2v) is 8.37. The molecular formula is C25H16N6O7. The van der Waals surface area contributed by atoms with Crippen molar-refractivity contribution in [2.45, 2.75) is 0 Å². The predicted molar refractivity (Wildman–Crippen MR) is 131 cm³/mol. The van der Waals surface area contributed by atoms with E-state index in [1.807, 2.05) is 0 Å². The number of aromatic nitrogens is 6. The Morgan fingerprint density at radius 1 is 0.500 bits per heavy atom. The average molecular weight is 512 g/mol. The van der Waals surface area contributed by atoms with Gasteiger partial charge in [0.2, 0.25) is 5.78 Å². The smallest absolute Gasteiger partial charge is 0.200 e. The molecule has 4 aromatic carbocycles. The molecule has 6 N–H and O–H groups in total. The number of aromatic hydroxyl groups is 6. The molecule has 188 valence electrons. The fourth-order valence-corrected chi connectivity index (χ4v) is 3.98. The molecule has 2 aromatic heterocycles. The van der Waals surface area contributed by atoms with Crippen LogP contribution in [0.3, 0.4) is 0 Å². The molecule has 0 atom stereocenters. The zero-order valence-electron chi connectivity index (χ0n) is 19.0. The summed E-state index contributed by atoms with van der Waals surface area (Å²) in [5.41, 5.74) is 0.708. The molecule has 0 aliphatic heterocycles. The molecule has 6 rings (SSSR count). The van der Waals surface area contributed by atoms with Crippen LogP contribution in [0, 0.1) is 0 Å². The number of carbonyl (C=O) groups excluding carboxylic acids is 1. The summed E-state index contributed by atoms with van der Waals surface area (Å²) in [5.74, 6) is -2.97. The third kappa shape index (κ3) is 3.62. The van der Waals surface area contributed by atoms with Crippen molar-refractivity contribution in [3.05, 3.63) is 71.8 Å². The van der Waals surface area contributed by atoms with Crippen molar-refractivity contribution in [3.8, 4) is 45.9 Å². The lowest BCUT2D eigenvalue weighted by atomic mass is 9.99. The maximum absolute atomic E-state index is 13.5. The van der Waals surface area contributed by atoms with Crippen molar-refractivity contribution in [1.82, 2.24) is 30.0 Å². The number of fused-ring (bicyclic) bond motifs is 2. The molecule has 0 saturated carbocycles. The number of hydrogen-bond donors (Lipinski definition) is 6. The minimum absolute atomic E-state index is 0.0367. The Hall–Kier alpha value is -5.85. The molecule has 0 bridgehead atoms. The standard InChI is InChI=1S/C25H16N6O7/c32-11-1-3-15-17(5-11)28-30(26-15)19-7-13(21(34)9-23(19)36)25(38)14-8-20(24(37)10-22(14)35)31-27-16-4-2-12(33)6-18(16)29-31/h1-10,32-37H. The van der Waals surface area contributed by atoms with Gasteiger partial charge in [-0.25, -0.2) is 0 Å². The number of hydrogen-bond acceptors (Lipinski definition) is 11. The first kappa shape index (κ1) is 22.6. The molecule has 0 fully saturated rings. The largest absolute Gasteiger partial charge is 0.508 e. The molecule has 0 saturated heterocycles. The molecule has 6 aromatic rings. The van der Waals surface area contributed by atoms with E-state index < -0.39 is 28.8 Å². The molecule has 2 heterocycles. The van der Waals surface area contributed by atoms with Gasteiger partial charge in [-0.1, -0.05) is 0 Å². The van der Waals surface area contributed by atoms with Crippen molar-refractivity contribution >= 4 is 27.9 Å². The SMILES string of the molecule is O=C(c1cc(-n2nc3ccc(O)cc3n2)c(O)cc1O)c1cc(-n2nc3ccc(O)cc3n2)c(O)cc1O. The third-order valence-corrected chi connectivity index (χ3v) is 5.83. The van der Waals surface area contributed by atoms with E-state index >= 15 is 0 Å². The van der Waals surface area contributed by atoms with Gasteiger partial charge in [-0.15, -0.1) is 30.0 Å². The van der Waals surface area contributed by atoms with E-state index in [-0.39, 0.29) is 34.0 Å². The number of nitrogens with zero attached hydrogens (tertiary/aromatic N) is 6. The van der Waals surface area contributed by atoms with Crippen LogP contribution < -0.4 is 0 Å². The summed E-state index contributed by atoms with van der Waals surface area (Å²) in [4.78, 5) is 15.5. The first-order chi connectivity index (χ1) is 18.2. The molecule has 13 nitrogen and oxygen atoms in total. The summed E-state index contributed by atoms with van der Waals surface area (Å²) in [6, 6.07) is 12.7. The van der Waals surface area contributed by atoms with Gasteiger partial charge in [0.05, 0.1) is 11.1 Å². The highest BCUT2D eigenvalue weighted by atomic mass is 16.3. The van der Waals surface area contributed by atoms with Crippen molar-refractivity contribution in [3.63, 3.8) is 0 Å². The summed E-state index contributed by atoms with van der Waals surface area (Å²) < 4.78 is 0. The van der Waals surface area contributed by atoms with Crippen LogP contribution in [0.25, 0.3) is 33.4 Å². The zero-order valence-corrected chi connectivity index (χ0v) is 19.0. The van der Waals surface area contributed by atoms with E-state index in [1.54, 1.807) is 0 Å². The van der Waals surface area contributed by atoms with Crippen LogP contribution >= 0.6 is 0 Å². The van der Waals surface area contributed by atoms with Crippen LogP contribution in [0.1, 0.15) is 15.9 Å². The molecule has 0 unspecified atom stereocenters. The predicted octanol–water partition coefficient (Wildman–Crippen LogP) is 2.62. The van der Waals surface area contributed by atoms with E-state index in [1.165, 1.54) is 36.4 Å². The van der Waals surface area contributed by atoms with Crippen molar-refractivity contribution in [1.29, 1.82) is 0 Å². The van der Waals surface area contributed by atoms with Crippen LogP contribution in [0.15, 0.2) is 60.7 Å². The van der Waals surface area contributed by atoms with Crippen LogP contribution in [0.4, 0.5) is 0 Å². The highest BCUT2D eigenvalue weighted by molar-refractivity contribution is 6.13. The average Bonchev–Trinajstić information content (AvgIpc) is 3.47. The van der Waals surface area contributed by atoms with E-state index in [9.17, 15) is 35.4 Å². The maximum Gasteiger partial charge on any atom is 0.200 e. The number of carbonyl (C=O) groups is 1. The zero-order chi connectivity index (χ0) is 26.7. The molecule has 0 radical (unpaired) electrons. The molecule has 0 aliphatic carbocycles. The Bertz CT molecular complexity index is 1790. The van der Waals surface area contributed by atoms with Gasteiger partial charge >= 0.3 is 0 Å². The quantitative estimate of drug-likeness (QED) is 0.190. The molecule has 0 amide bonds. The Labute approximate surface area is 211 Å². The van der Waals surface area contributed by atoms with Gasteiger partial charge < -0.3 is 30.6 Å². The lowest BCUT2D eigenvalue weighted by Gasteiger charge is -2.11. The van der Waals surface area contributed by atoms with Gasteiger partial charge in [-0.3, -0.25) is 4.79 Å². The Kier molecular flexibility index (Phi) is 4.81. The van der Waals surface area contributed by atoms with Crippen LogP contribution in [0.2, 0.25) is 0 Å². The molecule has 0 aliphatic rings. The summed E-state index contributed by atoms with van der Waals surface area (Å²) >= 11 is 0. The van der Waals surface area contributed by atoms with E-state index in [2.05, 4.69) is 20.4 Å². The Morgan fingerprint density at radius 3 is 1.32 bits per heavy atom. The summed E-state index contributed by atoms with van der Waals surface area (Å²) in [6.07, 6.45) is 0. The van der Waals surface area contributed by atoms with E-state index in [0.29, 0.717) is 22.1 Å². The van der Waals surface area contributed by atoms with Gasteiger partial charge in [0.1, 0.15) is 67.9 Å². The van der Waals surface area contributed by atoms with Gasteiger partial charge in [0, 0.05) is 24.3 Å². The number of rotatable bonds is 4. The van der Waals surface area contributed by atoms with Crippen molar-refractivity contribution in [2.24, 2.45) is 0 Å². The summed E-state index contributed by atoms with van der Waals surface area (Å²) in [7, 11) is 0. The highest BCUT2D eigenvalue weighted by Gasteiger charge is 2.24. The van der Waals surface area contributed by atoms with Gasteiger partial charge in [-0.2, -0.15) is 0 Å². The first-order valence-corrected chi connectivity index (χ1v) is 11.0. The third-order valence-electron chi connectivity index (χ3n) is 5.83. The van der Waals surface area contributed by atoms with Crippen molar-refractivity contribution < 1.29 is 35.4 Å². The summed E-state index contributed by atoms with van der Waals surface area (Å²) in [5, 5.41) is 78.0. The normalized spacial score (nSPS) is 11.4. The Morgan fingerprint density at radius 2 is 0.895 bits per heavy atom. The fraction of sp³-hybridized carbons (Fsp3) is 0. The van der Waals surface area contributed by atoms with Gasteiger partial charge in [0.15, 0.2) is 0 Å². The highest BCUT2D eigenvalue weighted by Crippen LogP contribution is 2.36. The number of phenolic OH excluding ortho intramolecular Hbond substituents is 6. The van der Waals surface area contributed by atoms with Crippen LogP contribution in [0.5, 0.6) is 34.5 Å². The molecular weight excluding hydrogens is 496 g/mol. The Balaban J connectivity index is 1.45. The first-order valence-electron chi connectivity index (χ1n) is 11.0. The van der Waals surface area contributed by atoms with Crippen LogP contribution in [-0.2, 0) is 0 Å². The molecule has 0 spiro atoms. The number of benzene rings is 4. The topological polar surface area (TPSA) is 200 Å². The monoisotopic (exact) mass is 512 g/mol. The van der Waals surface area contributed by atoms with Gasteiger partial charge in [-0.05, 0) is 36.4 Å². The lowest BCUT2D eigenvalue weighted by molar-refractivity contribution is 0.103. The second-order valence-electron chi connectivity index (χ2n) is 8.37. The lowest BCUT2D eigenvalue weighted by Crippen LogP contribution is -2.08. The fourth-order valence-electron chi connectivity index (χ4n) is 3.98. The van der Waals surface area contributed by atoms with E-state index in [4.69, 9.17) is 0 Å². The number of ketones is 1. The minimum atomic E-state index is -0.855. The molecule has 38 heavy (non-hydrogen) atoms. The van der Waals surface area contributed by atoms with Crippen molar-refractivity contribution in [2.75, 3.05) is 0 Å². The maximum atomic E-state index is 13.5. The second kappa shape index (κ2) is 8.09.